The molecule has 0 radical (unpaired) electrons. The summed E-state index contributed by atoms with van der Waals surface area (Å²) >= 11 is 0. The van der Waals surface area contributed by atoms with Gasteiger partial charge in [0.2, 0.25) is 5.91 Å². The van der Waals surface area contributed by atoms with Crippen molar-refractivity contribution >= 4 is 11.8 Å². The summed E-state index contributed by atoms with van der Waals surface area (Å²) in [6.45, 7) is 8.36. The number of piperidine rings is 2. The van der Waals surface area contributed by atoms with Crippen LogP contribution in [0.3, 0.4) is 0 Å². The van der Waals surface area contributed by atoms with Crippen molar-refractivity contribution in [1.29, 1.82) is 0 Å². The zero-order valence-corrected chi connectivity index (χ0v) is 21.1. The van der Waals surface area contributed by atoms with E-state index in [1.54, 1.807) is 0 Å². The number of amides is 2. The van der Waals surface area contributed by atoms with E-state index in [9.17, 15) is 9.59 Å². The number of carbonyl (C=O) groups excluding carboxylic acids is 2. The minimum Gasteiger partial charge on any atom is -0.335 e. The van der Waals surface area contributed by atoms with Crippen molar-refractivity contribution in [2.75, 3.05) is 19.7 Å². The monoisotopic (exact) mass is 475 g/mol. The van der Waals surface area contributed by atoms with Crippen LogP contribution in [0.1, 0.15) is 79.2 Å². The molecule has 2 aromatic rings. The van der Waals surface area contributed by atoms with Crippen molar-refractivity contribution in [1.82, 2.24) is 15.3 Å². The second kappa shape index (κ2) is 10.1. The number of benzene rings is 2. The summed E-state index contributed by atoms with van der Waals surface area (Å²) in [4.78, 5) is 35.1. The van der Waals surface area contributed by atoms with Crippen molar-refractivity contribution in [3.8, 4) is 0 Å². The summed E-state index contributed by atoms with van der Waals surface area (Å²) in [5.41, 5.74) is 4.04. The molecule has 5 rings (SSSR count). The second-order valence-corrected chi connectivity index (χ2v) is 10.7. The van der Waals surface area contributed by atoms with Gasteiger partial charge in [-0.05, 0) is 73.9 Å². The minimum atomic E-state index is -0.209. The molecule has 2 amide bonds. The maximum atomic E-state index is 13.7. The van der Waals surface area contributed by atoms with Crippen molar-refractivity contribution in [3.63, 3.8) is 0 Å². The number of carbonyl (C=O) groups is 2. The maximum absolute atomic E-state index is 13.7. The van der Waals surface area contributed by atoms with Gasteiger partial charge in [0.1, 0.15) is 0 Å². The Morgan fingerprint density at radius 3 is 2.74 bits per heavy atom. The van der Waals surface area contributed by atoms with E-state index in [1.165, 1.54) is 16.2 Å². The summed E-state index contributed by atoms with van der Waals surface area (Å²) in [6.07, 6.45) is 3.80. The lowest BCUT2D eigenvalue weighted by atomic mass is 9.77. The third-order valence-electron chi connectivity index (χ3n) is 7.79. The van der Waals surface area contributed by atoms with Crippen LogP contribution < -0.4 is 5.32 Å². The minimum absolute atomic E-state index is 0.0961. The number of hydrogen-bond acceptors (Lipinski definition) is 4. The molecule has 35 heavy (non-hydrogen) atoms. The van der Waals surface area contributed by atoms with Crippen LogP contribution in [-0.4, -0.2) is 47.5 Å². The summed E-state index contributed by atoms with van der Waals surface area (Å²) in [5.74, 6) is 0.604. The largest absolute Gasteiger partial charge is 0.335 e. The van der Waals surface area contributed by atoms with Crippen LogP contribution in [0, 0.1) is 11.8 Å². The zero-order chi connectivity index (χ0) is 24.5. The number of rotatable bonds is 6. The Labute approximate surface area is 208 Å². The van der Waals surface area contributed by atoms with E-state index < -0.39 is 0 Å². The molecule has 2 aromatic carbocycles. The predicted molar refractivity (Wildman–Crippen MR) is 136 cm³/mol. The van der Waals surface area contributed by atoms with E-state index in [0.717, 1.165) is 44.3 Å². The van der Waals surface area contributed by atoms with Gasteiger partial charge in [-0.25, -0.2) is 5.06 Å². The third kappa shape index (κ3) is 4.74. The van der Waals surface area contributed by atoms with E-state index >= 15 is 0 Å². The first-order valence-electron chi connectivity index (χ1n) is 13.1. The first kappa shape index (κ1) is 24.0. The highest BCUT2D eigenvalue weighted by molar-refractivity contribution is 5.94. The molecule has 3 aliphatic rings. The van der Waals surface area contributed by atoms with E-state index in [1.807, 2.05) is 49.4 Å². The van der Waals surface area contributed by atoms with Crippen molar-refractivity contribution < 1.29 is 14.4 Å². The Bertz CT molecular complexity index is 1070. The van der Waals surface area contributed by atoms with E-state index in [2.05, 4.69) is 30.1 Å². The fourth-order valence-corrected chi connectivity index (χ4v) is 5.88. The van der Waals surface area contributed by atoms with Gasteiger partial charge in [-0.3, -0.25) is 14.4 Å². The number of nitrogens with zero attached hydrogens (tertiary/aromatic N) is 2. The molecule has 2 saturated heterocycles. The average Bonchev–Trinajstić information content (AvgIpc) is 2.88. The van der Waals surface area contributed by atoms with Crippen LogP contribution >= 0.6 is 0 Å². The smallest absolute Gasteiger partial charge is 0.278 e. The molecule has 6 heteroatoms. The topological polar surface area (TPSA) is 61.9 Å². The standard InChI is InChI=1S/C29H37N3O3/c1-19(2)18-35-32(20(3)21-8-5-4-6-9-21)28(33)23-11-12-24-22(16-23)13-15-31-27(24)17-26-25(29(31)34)10-7-14-30-26/h4-6,8-9,11-12,16,19-20,25-27,30H,7,10,13-15,17-18H2,1-3H3/t20-,25-,26-,27+/m1/s1. The van der Waals surface area contributed by atoms with Crippen molar-refractivity contribution in [2.45, 2.75) is 64.6 Å². The summed E-state index contributed by atoms with van der Waals surface area (Å²) in [6, 6.07) is 16.2. The number of nitrogens with one attached hydrogen (secondary N) is 1. The first-order chi connectivity index (χ1) is 16.9. The van der Waals surface area contributed by atoms with E-state index in [-0.39, 0.29) is 30.0 Å². The van der Waals surface area contributed by atoms with Gasteiger partial charge < -0.3 is 10.2 Å². The molecule has 3 aliphatic heterocycles. The summed E-state index contributed by atoms with van der Waals surface area (Å²) < 4.78 is 0. The molecule has 0 aliphatic carbocycles. The SMILES string of the molecule is CC(C)CON(C(=O)c1ccc2c(c1)CCN1C(=O)[C@@H]3CCCN[C@@H]3C[C@@H]21)[C@H](C)c1ccccc1. The first-order valence-corrected chi connectivity index (χ1v) is 13.1. The summed E-state index contributed by atoms with van der Waals surface area (Å²) in [7, 11) is 0. The van der Waals surface area contributed by atoms with Crippen molar-refractivity contribution in [3.05, 3.63) is 70.8 Å². The van der Waals surface area contributed by atoms with Crippen LogP contribution in [0.2, 0.25) is 0 Å². The van der Waals surface area contributed by atoms with Gasteiger partial charge in [0, 0.05) is 18.2 Å². The van der Waals surface area contributed by atoms with Crippen LogP contribution in [-0.2, 0) is 16.1 Å². The van der Waals surface area contributed by atoms with Crippen LogP contribution in [0.25, 0.3) is 0 Å². The Morgan fingerprint density at radius 1 is 1.17 bits per heavy atom. The Hall–Kier alpha value is -2.70. The van der Waals surface area contributed by atoms with E-state index in [4.69, 9.17) is 4.84 Å². The number of hydroxylamine groups is 2. The molecule has 0 unspecified atom stereocenters. The van der Waals surface area contributed by atoms with Gasteiger partial charge in [-0.15, -0.1) is 0 Å². The lowest BCUT2D eigenvalue weighted by Crippen LogP contribution is -2.57. The summed E-state index contributed by atoms with van der Waals surface area (Å²) in [5, 5.41) is 5.12. The van der Waals surface area contributed by atoms with Crippen LogP contribution in [0.5, 0.6) is 0 Å². The van der Waals surface area contributed by atoms with Gasteiger partial charge in [0.05, 0.1) is 24.6 Å². The van der Waals surface area contributed by atoms with Crippen LogP contribution in [0.4, 0.5) is 0 Å². The maximum Gasteiger partial charge on any atom is 0.278 e. The molecular formula is C29H37N3O3. The Balaban J connectivity index is 1.40. The number of fused-ring (bicyclic) bond motifs is 4. The van der Waals surface area contributed by atoms with Crippen LogP contribution in [0.15, 0.2) is 48.5 Å². The molecule has 2 fully saturated rings. The fraction of sp³-hybridized carbons (Fsp3) is 0.517. The van der Waals surface area contributed by atoms with Gasteiger partial charge >= 0.3 is 0 Å². The van der Waals surface area contributed by atoms with Gasteiger partial charge in [0.15, 0.2) is 0 Å². The molecule has 0 aromatic heterocycles. The molecule has 4 atom stereocenters. The van der Waals surface area contributed by atoms with Gasteiger partial charge in [-0.1, -0.05) is 50.2 Å². The molecule has 6 nitrogen and oxygen atoms in total. The Kier molecular flexibility index (Phi) is 6.94. The molecule has 186 valence electrons. The fourth-order valence-electron chi connectivity index (χ4n) is 5.88. The van der Waals surface area contributed by atoms with Gasteiger partial charge in [-0.2, -0.15) is 0 Å². The Morgan fingerprint density at radius 2 is 1.97 bits per heavy atom. The highest BCUT2D eigenvalue weighted by Crippen LogP contribution is 2.41. The molecule has 0 saturated carbocycles. The molecule has 0 spiro atoms. The third-order valence-corrected chi connectivity index (χ3v) is 7.79. The quantitative estimate of drug-likeness (QED) is 0.617. The highest BCUT2D eigenvalue weighted by Gasteiger charge is 2.45. The number of hydrogen-bond donors (Lipinski definition) is 1. The molecular weight excluding hydrogens is 438 g/mol. The predicted octanol–water partition coefficient (Wildman–Crippen LogP) is 4.68. The lowest BCUT2D eigenvalue weighted by Gasteiger charge is -2.48. The highest BCUT2D eigenvalue weighted by atomic mass is 16.7. The normalized spacial score (nSPS) is 24.4. The zero-order valence-electron chi connectivity index (χ0n) is 21.1. The molecule has 0 bridgehead atoms. The lowest BCUT2D eigenvalue weighted by molar-refractivity contribution is -0.154. The van der Waals surface area contributed by atoms with E-state index in [0.29, 0.717) is 24.0 Å². The molecule has 3 heterocycles. The molecule has 1 N–H and O–H groups in total. The second-order valence-electron chi connectivity index (χ2n) is 10.7. The van der Waals surface area contributed by atoms with Crippen molar-refractivity contribution in [2.24, 2.45) is 11.8 Å². The average molecular weight is 476 g/mol. The van der Waals surface area contributed by atoms with Gasteiger partial charge in [0.25, 0.3) is 5.91 Å².